The summed E-state index contributed by atoms with van der Waals surface area (Å²) in [4.78, 5) is 21.1. The van der Waals surface area contributed by atoms with Gasteiger partial charge in [-0.3, -0.25) is 14.3 Å². The number of aromatic nitrogens is 5. The summed E-state index contributed by atoms with van der Waals surface area (Å²) in [5.74, 6) is 1.00. The molecule has 1 N–H and O–H groups in total. The summed E-state index contributed by atoms with van der Waals surface area (Å²) in [6.45, 7) is 2.45. The van der Waals surface area contributed by atoms with Crippen molar-refractivity contribution in [2.75, 3.05) is 0 Å². The van der Waals surface area contributed by atoms with Gasteiger partial charge in [-0.05, 0) is 42.8 Å². The Kier molecular flexibility index (Phi) is 7.41. The maximum Gasteiger partial charge on any atom is 0.271 e. The SMILES string of the molecule is Cc1ccc(-n2c(SCc3nc(C(=O)NCc4cccnc4)cs3)nnc2-c2ccccc2Cl)cc1. The van der Waals surface area contributed by atoms with Crippen molar-refractivity contribution in [1.29, 1.82) is 0 Å². The van der Waals surface area contributed by atoms with Crippen molar-refractivity contribution < 1.29 is 4.79 Å². The highest BCUT2D eigenvalue weighted by atomic mass is 35.5. The average molecular weight is 533 g/mol. The molecule has 180 valence electrons. The molecular formula is C26H21ClN6OS2. The number of benzene rings is 2. The van der Waals surface area contributed by atoms with Crippen molar-refractivity contribution in [3.05, 3.63) is 105 Å². The lowest BCUT2D eigenvalue weighted by Gasteiger charge is -2.11. The molecule has 0 unspecified atom stereocenters. The number of amides is 1. The molecule has 2 aromatic carbocycles. The minimum absolute atomic E-state index is 0.213. The summed E-state index contributed by atoms with van der Waals surface area (Å²) < 4.78 is 2.00. The van der Waals surface area contributed by atoms with Crippen LogP contribution in [-0.2, 0) is 12.3 Å². The zero-order valence-corrected chi connectivity index (χ0v) is 21.6. The smallest absolute Gasteiger partial charge is 0.271 e. The van der Waals surface area contributed by atoms with Crippen molar-refractivity contribution in [3.8, 4) is 17.1 Å². The number of nitrogens with one attached hydrogen (secondary N) is 1. The van der Waals surface area contributed by atoms with E-state index in [-0.39, 0.29) is 5.91 Å². The van der Waals surface area contributed by atoms with Crippen LogP contribution in [0.3, 0.4) is 0 Å². The Bertz CT molecular complexity index is 1480. The number of carbonyl (C=O) groups is 1. The maximum atomic E-state index is 12.5. The van der Waals surface area contributed by atoms with E-state index in [0.29, 0.717) is 34.0 Å². The van der Waals surface area contributed by atoms with Crippen molar-refractivity contribution in [3.63, 3.8) is 0 Å². The number of halogens is 1. The van der Waals surface area contributed by atoms with Gasteiger partial charge in [0.05, 0.1) is 10.8 Å². The molecular weight excluding hydrogens is 512 g/mol. The van der Waals surface area contributed by atoms with Gasteiger partial charge < -0.3 is 5.32 Å². The summed E-state index contributed by atoms with van der Waals surface area (Å²) in [6.07, 6.45) is 3.43. The number of carbonyl (C=O) groups excluding carboxylic acids is 1. The fraction of sp³-hybridized carbons (Fsp3) is 0.115. The Balaban J connectivity index is 1.34. The van der Waals surface area contributed by atoms with Crippen LogP contribution in [0.4, 0.5) is 0 Å². The summed E-state index contributed by atoms with van der Waals surface area (Å²) in [6, 6.07) is 19.5. The molecule has 0 radical (unpaired) electrons. The van der Waals surface area contributed by atoms with Crippen LogP contribution in [0.25, 0.3) is 17.1 Å². The van der Waals surface area contributed by atoms with E-state index >= 15 is 0 Å². The second kappa shape index (κ2) is 11.0. The topological polar surface area (TPSA) is 85.6 Å². The lowest BCUT2D eigenvalue weighted by Crippen LogP contribution is -2.23. The van der Waals surface area contributed by atoms with E-state index in [0.717, 1.165) is 27.4 Å². The summed E-state index contributed by atoms with van der Waals surface area (Å²) >= 11 is 9.44. The third kappa shape index (κ3) is 5.48. The quantitative estimate of drug-likeness (QED) is 0.248. The van der Waals surface area contributed by atoms with Gasteiger partial charge in [0.1, 0.15) is 10.7 Å². The lowest BCUT2D eigenvalue weighted by atomic mass is 10.2. The number of thioether (sulfide) groups is 1. The number of aryl methyl sites for hydroxylation is 1. The Morgan fingerprint density at radius 3 is 2.69 bits per heavy atom. The van der Waals surface area contributed by atoms with Gasteiger partial charge in [0.25, 0.3) is 5.91 Å². The molecule has 0 atom stereocenters. The zero-order valence-electron chi connectivity index (χ0n) is 19.3. The highest BCUT2D eigenvalue weighted by molar-refractivity contribution is 7.98. The molecule has 0 fully saturated rings. The van der Waals surface area contributed by atoms with E-state index in [2.05, 4.69) is 37.6 Å². The van der Waals surface area contributed by atoms with Crippen LogP contribution in [-0.4, -0.2) is 30.6 Å². The minimum Gasteiger partial charge on any atom is -0.347 e. The fourth-order valence-electron chi connectivity index (χ4n) is 3.49. The molecule has 0 aliphatic carbocycles. The highest BCUT2D eigenvalue weighted by Crippen LogP contribution is 2.33. The number of pyridine rings is 1. The predicted molar refractivity (Wildman–Crippen MR) is 144 cm³/mol. The molecule has 36 heavy (non-hydrogen) atoms. The van der Waals surface area contributed by atoms with Gasteiger partial charge in [-0.15, -0.1) is 21.5 Å². The summed E-state index contributed by atoms with van der Waals surface area (Å²) in [5.41, 5.74) is 4.24. The van der Waals surface area contributed by atoms with Crippen LogP contribution in [0.1, 0.15) is 26.6 Å². The van der Waals surface area contributed by atoms with Crippen LogP contribution < -0.4 is 5.32 Å². The molecule has 3 aromatic heterocycles. The van der Waals surface area contributed by atoms with Gasteiger partial charge in [-0.1, -0.05) is 59.3 Å². The van der Waals surface area contributed by atoms with Crippen LogP contribution in [0.15, 0.2) is 83.6 Å². The minimum atomic E-state index is -0.213. The van der Waals surface area contributed by atoms with Gasteiger partial charge in [0, 0.05) is 35.6 Å². The van der Waals surface area contributed by atoms with E-state index in [9.17, 15) is 4.79 Å². The second-order valence-electron chi connectivity index (χ2n) is 7.92. The first-order valence-corrected chi connectivity index (χ1v) is 13.3. The summed E-state index contributed by atoms with van der Waals surface area (Å²) in [5, 5.41) is 15.7. The van der Waals surface area contributed by atoms with Crippen LogP contribution in [0, 0.1) is 6.92 Å². The molecule has 0 saturated carbocycles. The number of hydrogen-bond acceptors (Lipinski definition) is 7. The van der Waals surface area contributed by atoms with Crippen LogP contribution in [0.2, 0.25) is 5.02 Å². The molecule has 5 aromatic rings. The molecule has 5 rings (SSSR count). The van der Waals surface area contributed by atoms with Crippen LogP contribution in [0.5, 0.6) is 0 Å². The first-order chi connectivity index (χ1) is 17.6. The van der Waals surface area contributed by atoms with Gasteiger partial charge in [-0.25, -0.2) is 4.98 Å². The molecule has 10 heteroatoms. The second-order valence-corrected chi connectivity index (χ2v) is 10.2. The third-order valence-corrected chi connectivity index (χ3v) is 7.63. The van der Waals surface area contributed by atoms with Gasteiger partial charge in [0.15, 0.2) is 11.0 Å². The number of hydrogen-bond donors (Lipinski definition) is 1. The molecule has 1 amide bonds. The first-order valence-electron chi connectivity index (χ1n) is 11.1. The van der Waals surface area contributed by atoms with Crippen molar-refractivity contribution in [2.24, 2.45) is 0 Å². The normalized spacial score (nSPS) is 10.9. The van der Waals surface area contributed by atoms with Crippen LogP contribution >= 0.6 is 34.7 Å². The van der Waals surface area contributed by atoms with E-state index < -0.39 is 0 Å². The van der Waals surface area contributed by atoms with Crippen molar-refractivity contribution in [2.45, 2.75) is 24.4 Å². The molecule has 0 spiro atoms. The lowest BCUT2D eigenvalue weighted by molar-refractivity contribution is 0.0946. The highest BCUT2D eigenvalue weighted by Gasteiger charge is 2.19. The van der Waals surface area contributed by atoms with E-state index in [4.69, 9.17) is 11.6 Å². The zero-order chi connectivity index (χ0) is 24.9. The van der Waals surface area contributed by atoms with Crippen molar-refractivity contribution >= 4 is 40.6 Å². The van der Waals surface area contributed by atoms with E-state index in [1.165, 1.54) is 23.1 Å². The Labute approximate surface area is 221 Å². The molecule has 0 aliphatic rings. The molecule has 0 aliphatic heterocycles. The Morgan fingerprint density at radius 1 is 1.08 bits per heavy atom. The first kappa shape index (κ1) is 24.2. The molecule has 0 saturated heterocycles. The monoisotopic (exact) mass is 532 g/mol. The number of rotatable bonds is 8. The number of nitrogens with zero attached hydrogens (tertiary/aromatic N) is 5. The molecule has 3 heterocycles. The third-order valence-electron chi connectivity index (χ3n) is 5.33. The predicted octanol–water partition coefficient (Wildman–Crippen LogP) is 5.97. The van der Waals surface area contributed by atoms with E-state index in [1.807, 2.05) is 60.0 Å². The van der Waals surface area contributed by atoms with Gasteiger partial charge in [0.2, 0.25) is 0 Å². The Hall–Kier alpha value is -3.53. The number of thiazole rings is 1. The fourth-order valence-corrected chi connectivity index (χ4v) is 5.45. The Morgan fingerprint density at radius 2 is 1.92 bits per heavy atom. The van der Waals surface area contributed by atoms with Gasteiger partial charge >= 0.3 is 0 Å². The van der Waals surface area contributed by atoms with Gasteiger partial charge in [-0.2, -0.15) is 0 Å². The average Bonchev–Trinajstić information content (AvgIpc) is 3.55. The molecule has 0 bridgehead atoms. The standard InChI is InChI=1S/C26H21ClN6OS2/c1-17-8-10-19(11-9-17)33-24(20-6-2-3-7-21(20)27)31-32-26(33)36-16-23-30-22(15-35-23)25(34)29-14-18-5-4-12-28-13-18/h2-13,15H,14,16H2,1H3,(H,29,34). The maximum absolute atomic E-state index is 12.5. The largest absolute Gasteiger partial charge is 0.347 e. The molecule has 7 nitrogen and oxygen atoms in total. The summed E-state index contributed by atoms with van der Waals surface area (Å²) in [7, 11) is 0. The van der Waals surface area contributed by atoms with E-state index in [1.54, 1.807) is 17.8 Å². The van der Waals surface area contributed by atoms with Crippen molar-refractivity contribution in [1.82, 2.24) is 30.0 Å².